The van der Waals surface area contributed by atoms with E-state index in [0.717, 1.165) is 51.8 Å². The maximum Gasteiger partial charge on any atom is 0.219 e. The lowest BCUT2D eigenvalue weighted by Gasteiger charge is -2.34. The van der Waals surface area contributed by atoms with Crippen molar-refractivity contribution >= 4 is 11.9 Å². The largest absolute Gasteiger partial charge is 0.356 e. The summed E-state index contributed by atoms with van der Waals surface area (Å²) in [5.74, 6) is 1.44. The lowest BCUT2D eigenvalue weighted by molar-refractivity contribution is -0.130. The number of carbonyl (C=O) groups is 1. The van der Waals surface area contributed by atoms with Gasteiger partial charge in [0.15, 0.2) is 5.96 Å². The molecular weight excluding hydrogens is 314 g/mol. The highest BCUT2D eigenvalue weighted by molar-refractivity contribution is 5.79. The van der Waals surface area contributed by atoms with Gasteiger partial charge < -0.3 is 15.5 Å². The average molecular weight is 345 g/mol. The Morgan fingerprint density at radius 2 is 1.84 bits per heavy atom. The molecule has 138 valence electrons. The Balaban J connectivity index is 1.65. The van der Waals surface area contributed by atoms with Crippen LogP contribution >= 0.6 is 0 Å². The van der Waals surface area contributed by atoms with Crippen LogP contribution < -0.4 is 10.6 Å². The van der Waals surface area contributed by atoms with Crippen molar-refractivity contribution in [3.05, 3.63) is 35.9 Å². The lowest BCUT2D eigenvalue weighted by atomic mass is 10.0. The van der Waals surface area contributed by atoms with Gasteiger partial charge in [-0.3, -0.25) is 14.7 Å². The zero-order chi connectivity index (χ0) is 18.1. The SMILES string of the molecule is CN=C(NCCN1CCN(C(C)=O)CC1)NCC(C)c1ccccc1. The summed E-state index contributed by atoms with van der Waals surface area (Å²) in [5.41, 5.74) is 1.33. The van der Waals surface area contributed by atoms with E-state index in [2.05, 4.69) is 51.7 Å². The Labute approximate surface area is 151 Å². The third-order valence-corrected chi connectivity index (χ3v) is 4.71. The highest BCUT2D eigenvalue weighted by atomic mass is 16.2. The van der Waals surface area contributed by atoms with E-state index in [1.807, 2.05) is 11.0 Å². The summed E-state index contributed by atoms with van der Waals surface area (Å²) in [5, 5.41) is 6.77. The number of nitrogens with one attached hydrogen (secondary N) is 2. The van der Waals surface area contributed by atoms with Crippen LogP contribution in [-0.2, 0) is 4.79 Å². The van der Waals surface area contributed by atoms with Crippen LogP contribution in [0.1, 0.15) is 25.3 Å². The molecule has 0 spiro atoms. The normalized spacial score (nSPS) is 17.2. The predicted octanol–water partition coefficient (Wildman–Crippen LogP) is 1.12. The van der Waals surface area contributed by atoms with Crippen molar-refractivity contribution in [2.75, 3.05) is 52.9 Å². The number of hydrogen-bond donors (Lipinski definition) is 2. The lowest BCUT2D eigenvalue weighted by Crippen LogP contribution is -2.50. The van der Waals surface area contributed by atoms with Gasteiger partial charge in [-0.15, -0.1) is 0 Å². The van der Waals surface area contributed by atoms with Crippen molar-refractivity contribution in [3.8, 4) is 0 Å². The van der Waals surface area contributed by atoms with Gasteiger partial charge in [0.2, 0.25) is 5.91 Å². The first-order chi connectivity index (χ1) is 12.1. The van der Waals surface area contributed by atoms with Crippen LogP contribution in [0.3, 0.4) is 0 Å². The van der Waals surface area contributed by atoms with Crippen molar-refractivity contribution in [3.63, 3.8) is 0 Å². The molecule has 2 N–H and O–H groups in total. The number of amides is 1. The molecule has 1 aromatic rings. The molecule has 1 atom stereocenters. The van der Waals surface area contributed by atoms with Crippen LogP contribution in [0.2, 0.25) is 0 Å². The second kappa shape index (κ2) is 10.0. The van der Waals surface area contributed by atoms with E-state index in [1.165, 1.54) is 5.56 Å². The first-order valence-corrected chi connectivity index (χ1v) is 9.07. The monoisotopic (exact) mass is 345 g/mol. The molecule has 1 heterocycles. The number of nitrogens with zero attached hydrogens (tertiary/aromatic N) is 3. The van der Waals surface area contributed by atoms with Crippen LogP contribution in [0, 0.1) is 0 Å². The number of guanidine groups is 1. The maximum absolute atomic E-state index is 11.3. The predicted molar refractivity (Wildman–Crippen MR) is 103 cm³/mol. The van der Waals surface area contributed by atoms with Gasteiger partial charge in [0.25, 0.3) is 0 Å². The van der Waals surface area contributed by atoms with Gasteiger partial charge >= 0.3 is 0 Å². The quantitative estimate of drug-likeness (QED) is 0.599. The minimum absolute atomic E-state index is 0.176. The van der Waals surface area contributed by atoms with E-state index in [9.17, 15) is 4.79 Å². The molecule has 25 heavy (non-hydrogen) atoms. The molecular formula is C19H31N5O. The number of hydrogen-bond acceptors (Lipinski definition) is 3. The fourth-order valence-corrected chi connectivity index (χ4v) is 2.99. The Hall–Kier alpha value is -2.08. The van der Waals surface area contributed by atoms with Gasteiger partial charge in [-0.2, -0.15) is 0 Å². The van der Waals surface area contributed by atoms with Crippen molar-refractivity contribution in [1.29, 1.82) is 0 Å². The van der Waals surface area contributed by atoms with Gasteiger partial charge in [-0.1, -0.05) is 37.3 Å². The molecule has 0 aliphatic carbocycles. The molecule has 0 saturated carbocycles. The third-order valence-electron chi connectivity index (χ3n) is 4.71. The molecule has 6 heteroatoms. The van der Waals surface area contributed by atoms with Gasteiger partial charge in [0.05, 0.1) is 0 Å². The maximum atomic E-state index is 11.3. The second-order valence-corrected chi connectivity index (χ2v) is 6.54. The zero-order valence-corrected chi connectivity index (χ0v) is 15.7. The van der Waals surface area contributed by atoms with Crippen molar-refractivity contribution in [2.45, 2.75) is 19.8 Å². The molecule has 1 aromatic carbocycles. The Kier molecular flexibility index (Phi) is 7.73. The van der Waals surface area contributed by atoms with Crippen LogP contribution in [-0.4, -0.2) is 74.5 Å². The van der Waals surface area contributed by atoms with E-state index in [1.54, 1.807) is 14.0 Å². The van der Waals surface area contributed by atoms with Gasteiger partial charge in [0.1, 0.15) is 0 Å². The van der Waals surface area contributed by atoms with E-state index < -0.39 is 0 Å². The minimum Gasteiger partial charge on any atom is -0.356 e. The Bertz CT molecular complexity index is 552. The highest BCUT2D eigenvalue weighted by Gasteiger charge is 2.17. The molecule has 1 aliphatic heterocycles. The van der Waals surface area contributed by atoms with E-state index in [-0.39, 0.29) is 5.91 Å². The summed E-state index contributed by atoms with van der Waals surface area (Å²) in [4.78, 5) is 19.9. The molecule has 1 amide bonds. The number of aliphatic imine (C=N–C) groups is 1. The summed E-state index contributed by atoms with van der Waals surface area (Å²) >= 11 is 0. The first-order valence-electron chi connectivity index (χ1n) is 9.07. The molecule has 6 nitrogen and oxygen atoms in total. The Morgan fingerprint density at radius 3 is 2.44 bits per heavy atom. The number of rotatable bonds is 6. The fraction of sp³-hybridized carbons (Fsp3) is 0.579. The van der Waals surface area contributed by atoms with E-state index in [0.29, 0.717) is 5.92 Å². The summed E-state index contributed by atoms with van der Waals surface area (Å²) in [6.07, 6.45) is 0. The van der Waals surface area contributed by atoms with Crippen LogP contribution in [0.5, 0.6) is 0 Å². The summed E-state index contributed by atoms with van der Waals surface area (Å²) in [6.45, 7) is 10.1. The molecule has 1 unspecified atom stereocenters. The number of carbonyl (C=O) groups excluding carboxylic acids is 1. The van der Waals surface area contributed by atoms with Gasteiger partial charge in [-0.25, -0.2) is 0 Å². The molecule has 0 radical (unpaired) electrons. The summed E-state index contributed by atoms with van der Waals surface area (Å²) in [7, 11) is 1.80. The van der Waals surface area contributed by atoms with Crippen molar-refractivity contribution < 1.29 is 4.79 Å². The molecule has 0 bridgehead atoms. The number of piperazine rings is 1. The molecule has 1 saturated heterocycles. The first kappa shape index (κ1) is 19.2. The van der Waals surface area contributed by atoms with Gasteiger partial charge in [-0.05, 0) is 11.5 Å². The summed E-state index contributed by atoms with van der Waals surface area (Å²) in [6, 6.07) is 10.5. The zero-order valence-electron chi connectivity index (χ0n) is 15.7. The van der Waals surface area contributed by atoms with Crippen molar-refractivity contribution in [1.82, 2.24) is 20.4 Å². The van der Waals surface area contributed by atoms with Gasteiger partial charge in [0, 0.05) is 59.8 Å². The Morgan fingerprint density at radius 1 is 1.16 bits per heavy atom. The van der Waals surface area contributed by atoms with Crippen LogP contribution in [0.4, 0.5) is 0 Å². The average Bonchev–Trinajstić information content (AvgIpc) is 2.65. The van der Waals surface area contributed by atoms with E-state index in [4.69, 9.17) is 0 Å². The minimum atomic E-state index is 0.176. The second-order valence-electron chi connectivity index (χ2n) is 6.54. The van der Waals surface area contributed by atoms with E-state index >= 15 is 0 Å². The standard InChI is InChI=1S/C19H31N5O/c1-16(18-7-5-4-6-8-18)15-22-19(20-3)21-9-10-23-11-13-24(14-12-23)17(2)25/h4-8,16H,9-15H2,1-3H3,(H2,20,21,22). The fourth-order valence-electron chi connectivity index (χ4n) is 2.99. The summed E-state index contributed by atoms with van der Waals surface area (Å²) < 4.78 is 0. The van der Waals surface area contributed by atoms with Crippen LogP contribution in [0.25, 0.3) is 0 Å². The third kappa shape index (κ3) is 6.38. The number of benzene rings is 1. The highest BCUT2D eigenvalue weighted by Crippen LogP contribution is 2.12. The van der Waals surface area contributed by atoms with Crippen LogP contribution in [0.15, 0.2) is 35.3 Å². The smallest absolute Gasteiger partial charge is 0.219 e. The molecule has 1 aliphatic rings. The molecule has 0 aromatic heterocycles. The molecule has 2 rings (SSSR count). The topological polar surface area (TPSA) is 60.0 Å². The molecule has 1 fully saturated rings. The van der Waals surface area contributed by atoms with Crippen molar-refractivity contribution in [2.24, 2.45) is 4.99 Å².